The second-order valence-electron chi connectivity index (χ2n) is 11.1. The molecule has 42 heavy (non-hydrogen) atoms. The van der Waals surface area contributed by atoms with E-state index in [4.69, 9.17) is 23.2 Å². The largest absolute Gasteiger partial charge is 0.350 e. The fraction of sp³-hybridized carbons (Fsp3) is 0.355. The van der Waals surface area contributed by atoms with E-state index in [1.807, 2.05) is 51.1 Å². The number of para-hydroxylation sites is 1. The van der Waals surface area contributed by atoms with E-state index in [0.29, 0.717) is 15.6 Å². The number of sulfonamides is 1. The summed E-state index contributed by atoms with van der Waals surface area (Å²) in [5, 5.41) is 3.67. The third kappa shape index (κ3) is 9.71. The van der Waals surface area contributed by atoms with Gasteiger partial charge in [0.1, 0.15) is 11.9 Å². The molecule has 0 radical (unpaired) electrons. The Balaban J connectivity index is 1.93. The number of rotatable bonds is 12. The lowest BCUT2D eigenvalue weighted by Crippen LogP contribution is -2.54. The van der Waals surface area contributed by atoms with Crippen molar-refractivity contribution < 1.29 is 22.4 Å². The molecule has 0 saturated heterocycles. The number of carbonyl (C=O) groups excluding carboxylic acids is 2. The maximum atomic E-state index is 14.5. The quantitative estimate of drug-likeness (QED) is 0.255. The number of benzene rings is 3. The van der Waals surface area contributed by atoms with Crippen LogP contribution < -0.4 is 9.62 Å². The summed E-state index contributed by atoms with van der Waals surface area (Å²) in [5.74, 6) is -1.38. The van der Waals surface area contributed by atoms with Gasteiger partial charge in [-0.05, 0) is 62.6 Å². The topological polar surface area (TPSA) is 86.8 Å². The summed E-state index contributed by atoms with van der Waals surface area (Å²) < 4.78 is 40.5. The number of halogens is 3. The van der Waals surface area contributed by atoms with Crippen molar-refractivity contribution >= 4 is 50.7 Å². The Bertz CT molecular complexity index is 1500. The Morgan fingerprint density at radius 3 is 2.17 bits per heavy atom. The lowest BCUT2D eigenvalue weighted by molar-refractivity contribution is -0.142. The lowest BCUT2D eigenvalue weighted by atomic mass is 10.00. The highest BCUT2D eigenvalue weighted by molar-refractivity contribution is 7.92. The Hall–Kier alpha value is -3.14. The number of hydrogen-bond donors (Lipinski definition) is 1. The van der Waals surface area contributed by atoms with Crippen molar-refractivity contribution in [3.8, 4) is 0 Å². The van der Waals surface area contributed by atoms with Crippen LogP contribution in [0, 0.1) is 5.82 Å². The summed E-state index contributed by atoms with van der Waals surface area (Å²) in [6.07, 6.45) is 1.25. The van der Waals surface area contributed by atoms with Crippen LogP contribution in [0.2, 0.25) is 10.0 Å². The molecular weight excluding hydrogens is 600 g/mol. The smallest absolute Gasteiger partial charge is 0.243 e. The molecule has 0 bridgehead atoms. The minimum absolute atomic E-state index is 0.0634. The van der Waals surface area contributed by atoms with Gasteiger partial charge in [0, 0.05) is 31.5 Å². The molecule has 0 aliphatic rings. The summed E-state index contributed by atoms with van der Waals surface area (Å²) in [4.78, 5) is 29.0. The molecule has 226 valence electrons. The first-order valence-electron chi connectivity index (χ1n) is 13.5. The molecule has 0 aliphatic heterocycles. The van der Waals surface area contributed by atoms with E-state index in [9.17, 15) is 22.4 Å². The van der Waals surface area contributed by atoms with Gasteiger partial charge in [0.05, 0.1) is 22.0 Å². The van der Waals surface area contributed by atoms with Crippen molar-refractivity contribution in [2.75, 3.05) is 17.1 Å². The highest BCUT2D eigenvalue weighted by atomic mass is 35.5. The third-order valence-corrected chi connectivity index (χ3v) is 8.30. The van der Waals surface area contributed by atoms with Crippen molar-refractivity contribution in [1.82, 2.24) is 10.2 Å². The molecule has 0 unspecified atom stereocenters. The maximum Gasteiger partial charge on any atom is 0.243 e. The van der Waals surface area contributed by atoms with Gasteiger partial charge in [0.25, 0.3) is 0 Å². The van der Waals surface area contributed by atoms with E-state index in [1.165, 1.54) is 23.1 Å². The standard InChI is InChI=1S/C31H36Cl2FN3O4S/c1-31(2,3)35-30(39)28(20-22-11-6-5-7-12-22)36(21-23-16-17-24(32)25(33)19-23)29(38)15-10-18-37(42(4,40)41)27-14-9-8-13-26(27)34/h5-9,11-14,16-17,19,28H,10,15,18,20-21H2,1-4H3,(H,35,39)/t28-/m1/s1. The second-order valence-corrected chi connectivity index (χ2v) is 13.8. The lowest BCUT2D eigenvalue weighted by Gasteiger charge is -2.34. The molecule has 0 heterocycles. The van der Waals surface area contributed by atoms with Gasteiger partial charge < -0.3 is 10.2 Å². The predicted molar refractivity (Wildman–Crippen MR) is 167 cm³/mol. The van der Waals surface area contributed by atoms with Crippen LogP contribution in [-0.4, -0.2) is 49.5 Å². The molecule has 2 amide bonds. The van der Waals surface area contributed by atoms with E-state index in [0.717, 1.165) is 16.1 Å². The van der Waals surface area contributed by atoms with Crippen molar-refractivity contribution in [2.24, 2.45) is 0 Å². The van der Waals surface area contributed by atoms with Crippen LogP contribution in [0.25, 0.3) is 0 Å². The Morgan fingerprint density at radius 1 is 0.929 bits per heavy atom. The number of nitrogens with zero attached hydrogens (tertiary/aromatic N) is 2. The van der Waals surface area contributed by atoms with Crippen LogP contribution in [-0.2, 0) is 32.6 Å². The average molecular weight is 637 g/mol. The van der Waals surface area contributed by atoms with Gasteiger partial charge in [-0.3, -0.25) is 13.9 Å². The number of carbonyl (C=O) groups is 2. The van der Waals surface area contributed by atoms with Crippen LogP contribution in [0.4, 0.5) is 10.1 Å². The normalized spacial score (nSPS) is 12.5. The molecule has 1 N–H and O–H groups in total. The van der Waals surface area contributed by atoms with Gasteiger partial charge in [-0.25, -0.2) is 12.8 Å². The minimum atomic E-state index is -3.83. The van der Waals surface area contributed by atoms with Crippen LogP contribution in [0.15, 0.2) is 72.8 Å². The molecule has 3 aromatic rings. The molecule has 0 spiro atoms. The molecule has 7 nitrogen and oxygen atoms in total. The fourth-order valence-corrected chi connectivity index (χ4v) is 5.76. The first kappa shape index (κ1) is 33.4. The maximum absolute atomic E-state index is 14.5. The Morgan fingerprint density at radius 2 is 1.57 bits per heavy atom. The summed E-state index contributed by atoms with van der Waals surface area (Å²) in [5.41, 5.74) is 0.886. The summed E-state index contributed by atoms with van der Waals surface area (Å²) in [6.45, 7) is 5.52. The monoisotopic (exact) mass is 635 g/mol. The van der Waals surface area contributed by atoms with Crippen LogP contribution >= 0.6 is 23.2 Å². The number of nitrogens with one attached hydrogen (secondary N) is 1. The molecule has 3 aromatic carbocycles. The van der Waals surface area contributed by atoms with Crippen molar-refractivity contribution in [3.05, 3.63) is 99.8 Å². The zero-order chi connectivity index (χ0) is 31.1. The first-order chi connectivity index (χ1) is 19.7. The first-order valence-corrected chi connectivity index (χ1v) is 16.1. The van der Waals surface area contributed by atoms with Gasteiger partial charge in [0.15, 0.2) is 0 Å². The predicted octanol–water partition coefficient (Wildman–Crippen LogP) is 6.23. The van der Waals surface area contributed by atoms with E-state index in [-0.39, 0.29) is 49.9 Å². The molecule has 0 saturated carbocycles. The molecule has 1 atom stereocenters. The average Bonchev–Trinajstić information content (AvgIpc) is 2.90. The van der Waals surface area contributed by atoms with Gasteiger partial charge in [-0.2, -0.15) is 0 Å². The summed E-state index contributed by atoms with van der Waals surface area (Å²) in [7, 11) is -3.83. The molecular formula is C31H36Cl2FN3O4S. The molecule has 0 fully saturated rings. The zero-order valence-electron chi connectivity index (χ0n) is 24.1. The van der Waals surface area contributed by atoms with E-state index >= 15 is 0 Å². The number of amides is 2. The van der Waals surface area contributed by atoms with Crippen LogP contribution in [0.1, 0.15) is 44.7 Å². The van der Waals surface area contributed by atoms with E-state index in [1.54, 1.807) is 24.3 Å². The van der Waals surface area contributed by atoms with Crippen LogP contribution in [0.5, 0.6) is 0 Å². The second kappa shape index (κ2) is 14.4. The Labute approximate surface area is 257 Å². The van der Waals surface area contributed by atoms with E-state index in [2.05, 4.69) is 5.32 Å². The number of hydrogen-bond acceptors (Lipinski definition) is 4. The van der Waals surface area contributed by atoms with Crippen molar-refractivity contribution in [2.45, 2.75) is 58.2 Å². The summed E-state index contributed by atoms with van der Waals surface area (Å²) >= 11 is 12.4. The van der Waals surface area contributed by atoms with Crippen LogP contribution in [0.3, 0.4) is 0 Å². The van der Waals surface area contributed by atoms with Gasteiger partial charge >= 0.3 is 0 Å². The highest BCUT2D eigenvalue weighted by Crippen LogP contribution is 2.26. The number of anilines is 1. The molecule has 0 aromatic heterocycles. The molecule has 0 aliphatic carbocycles. The molecule has 3 rings (SSSR count). The Kier molecular flexibility index (Phi) is 11.4. The van der Waals surface area contributed by atoms with Gasteiger partial charge in [-0.1, -0.05) is 71.7 Å². The van der Waals surface area contributed by atoms with E-state index < -0.39 is 27.4 Å². The third-order valence-electron chi connectivity index (χ3n) is 6.38. The van der Waals surface area contributed by atoms with Crippen molar-refractivity contribution in [1.29, 1.82) is 0 Å². The fourth-order valence-electron chi connectivity index (χ4n) is 4.48. The molecule has 11 heteroatoms. The zero-order valence-corrected chi connectivity index (χ0v) is 26.4. The highest BCUT2D eigenvalue weighted by Gasteiger charge is 2.32. The minimum Gasteiger partial charge on any atom is -0.350 e. The van der Waals surface area contributed by atoms with Gasteiger partial charge in [-0.15, -0.1) is 0 Å². The summed E-state index contributed by atoms with van der Waals surface area (Å²) in [6, 6.07) is 19.1. The van der Waals surface area contributed by atoms with Crippen molar-refractivity contribution in [3.63, 3.8) is 0 Å². The van der Waals surface area contributed by atoms with Gasteiger partial charge in [0.2, 0.25) is 21.8 Å². The SMILES string of the molecule is CC(C)(C)NC(=O)[C@@H](Cc1ccccc1)N(Cc1ccc(Cl)c(Cl)c1)C(=O)CCCN(c1ccccc1F)S(C)(=O)=O.